The molecule has 0 aliphatic heterocycles. The Morgan fingerprint density at radius 1 is 1.30 bits per heavy atom. The minimum atomic E-state index is -0.239. The van der Waals surface area contributed by atoms with E-state index >= 15 is 0 Å². The maximum absolute atomic E-state index is 13.3. The topological polar surface area (TPSA) is 50.9 Å². The monoisotopic (exact) mass is 337 g/mol. The number of nitrogens with zero attached hydrogens (tertiary/aromatic N) is 1. The zero-order chi connectivity index (χ0) is 14.4. The van der Waals surface area contributed by atoms with Crippen LogP contribution in [0.3, 0.4) is 0 Å². The van der Waals surface area contributed by atoms with E-state index in [1.165, 1.54) is 11.6 Å². The van der Waals surface area contributed by atoms with Gasteiger partial charge in [-0.15, -0.1) is 0 Å². The SMILES string of the molecule is NNC(CCc1cccnc1)Cc1cc(F)cc(Br)c1. The van der Waals surface area contributed by atoms with Gasteiger partial charge in [0.25, 0.3) is 0 Å². The molecule has 1 heterocycles. The summed E-state index contributed by atoms with van der Waals surface area (Å²) in [6.07, 6.45) is 6.06. The van der Waals surface area contributed by atoms with Gasteiger partial charge in [-0.2, -0.15) is 0 Å². The van der Waals surface area contributed by atoms with Crippen molar-refractivity contribution in [3.63, 3.8) is 0 Å². The summed E-state index contributed by atoms with van der Waals surface area (Å²) in [5, 5.41) is 0. The lowest BCUT2D eigenvalue weighted by atomic mass is 10.00. The summed E-state index contributed by atoms with van der Waals surface area (Å²) in [7, 11) is 0. The highest BCUT2D eigenvalue weighted by atomic mass is 79.9. The number of pyridine rings is 1. The number of benzene rings is 1. The molecule has 0 aliphatic rings. The van der Waals surface area contributed by atoms with Crippen LogP contribution in [-0.4, -0.2) is 11.0 Å². The summed E-state index contributed by atoms with van der Waals surface area (Å²) < 4.78 is 14.1. The minimum absolute atomic E-state index is 0.101. The average Bonchev–Trinajstić information content (AvgIpc) is 2.43. The van der Waals surface area contributed by atoms with Gasteiger partial charge in [-0.1, -0.05) is 22.0 Å². The molecule has 1 unspecified atom stereocenters. The number of nitrogens with two attached hydrogens (primary N) is 1. The number of aryl methyl sites for hydroxylation is 1. The molecule has 106 valence electrons. The first-order valence-corrected chi connectivity index (χ1v) is 7.26. The van der Waals surface area contributed by atoms with Crippen molar-refractivity contribution >= 4 is 15.9 Å². The molecular weight excluding hydrogens is 321 g/mol. The lowest BCUT2D eigenvalue weighted by Crippen LogP contribution is -2.37. The molecule has 0 aliphatic carbocycles. The molecule has 1 aromatic carbocycles. The molecule has 3 N–H and O–H groups in total. The number of halogens is 2. The number of hydrogen-bond donors (Lipinski definition) is 2. The Morgan fingerprint density at radius 3 is 2.80 bits per heavy atom. The average molecular weight is 338 g/mol. The summed E-state index contributed by atoms with van der Waals surface area (Å²) >= 11 is 3.30. The van der Waals surface area contributed by atoms with Crippen LogP contribution in [0.25, 0.3) is 0 Å². The van der Waals surface area contributed by atoms with E-state index in [0.29, 0.717) is 6.42 Å². The fourth-order valence-electron chi connectivity index (χ4n) is 2.14. The summed E-state index contributed by atoms with van der Waals surface area (Å²) in [6.45, 7) is 0. The highest BCUT2D eigenvalue weighted by Crippen LogP contribution is 2.17. The molecule has 5 heteroatoms. The van der Waals surface area contributed by atoms with Gasteiger partial charge in [-0.25, -0.2) is 4.39 Å². The van der Waals surface area contributed by atoms with Gasteiger partial charge in [-0.3, -0.25) is 16.3 Å². The molecule has 1 atom stereocenters. The second kappa shape index (κ2) is 7.47. The van der Waals surface area contributed by atoms with Crippen molar-refractivity contribution < 1.29 is 4.39 Å². The summed E-state index contributed by atoms with van der Waals surface area (Å²) in [5.74, 6) is 5.35. The summed E-state index contributed by atoms with van der Waals surface area (Å²) in [6, 6.07) is 8.97. The predicted molar refractivity (Wildman–Crippen MR) is 81.5 cm³/mol. The van der Waals surface area contributed by atoms with Crippen molar-refractivity contribution in [3.05, 3.63) is 64.1 Å². The Hall–Kier alpha value is -1.30. The maximum atomic E-state index is 13.3. The lowest BCUT2D eigenvalue weighted by molar-refractivity contribution is 0.490. The third-order valence-electron chi connectivity index (χ3n) is 3.14. The van der Waals surface area contributed by atoms with Crippen molar-refractivity contribution in [2.75, 3.05) is 0 Å². The zero-order valence-electron chi connectivity index (χ0n) is 11.0. The molecule has 3 nitrogen and oxygen atoms in total. The van der Waals surface area contributed by atoms with Gasteiger partial charge >= 0.3 is 0 Å². The lowest BCUT2D eigenvalue weighted by Gasteiger charge is -2.16. The highest BCUT2D eigenvalue weighted by Gasteiger charge is 2.09. The van der Waals surface area contributed by atoms with E-state index in [4.69, 9.17) is 5.84 Å². The summed E-state index contributed by atoms with van der Waals surface area (Å²) in [5.41, 5.74) is 4.90. The summed E-state index contributed by atoms with van der Waals surface area (Å²) in [4.78, 5) is 4.09. The first kappa shape index (κ1) is 15.1. The maximum Gasteiger partial charge on any atom is 0.124 e. The van der Waals surface area contributed by atoms with Crippen LogP contribution in [0.15, 0.2) is 47.2 Å². The van der Waals surface area contributed by atoms with Gasteiger partial charge in [0.2, 0.25) is 0 Å². The predicted octanol–water partition coefficient (Wildman–Crippen LogP) is 2.99. The number of hydrazine groups is 1. The first-order chi connectivity index (χ1) is 9.67. The second-order valence-corrected chi connectivity index (χ2v) is 5.66. The van der Waals surface area contributed by atoms with Crippen LogP contribution >= 0.6 is 15.9 Å². The molecule has 0 amide bonds. The Balaban J connectivity index is 1.95. The van der Waals surface area contributed by atoms with Crippen molar-refractivity contribution in [1.29, 1.82) is 0 Å². The Kier molecular flexibility index (Phi) is 5.64. The largest absolute Gasteiger partial charge is 0.271 e. The normalized spacial score (nSPS) is 12.3. The van der Waals surface area contributed by atoms with Crippen LogP contribution in [0.5, 0.6) is 0 Å². The first-order valence-electron chi connectivity index (χ1n) is 6.47. The van der Waals surface area contributed by atoms with Crippen molar-refractivity contribution in [2.45, 2.75) is 25.3 Å². The number of aromatic nitrogens is 1. The molecule has 20 heavy (non-hydrogen) atoms. The highest BCUT2D eigenvalue weighted by molar-refractivity contribution is 9.10. The minimum Gasteiger partial charge on any atom is -0.271 e. The van der Waals surface area contributed by atoms with Gasteiger partial charge < -0.3 is 0 Å². The fourth-order valence-corrected chi connectivity index (χ4v) is 2.66. The second-order valence-electron chi connectivity index (χ2n) is 4.75. The Bertz CT molecular complexity index is 528. The van der Waals surface area contributed by atoms with Crippen LogP contribution in [0, 0.1) is 5.82 Å². The van der Waals surface area contributed by atoms with Crippen LogP contribution < -0.4 is 11.3 Å². The fraction of sp³-hybridized carbons (Fsp3) is 0.267. The Morgan fingerprint density at radius 2 is 2.15 bits per heavy atom. The van der Waals surface area contributed by atoms with Gasteiger partial charge in [0.1, 0.15) is 5.82 Å². The molecule has 1 aromatic heterocycles. The molecule has 2 rings (SSSR count). The number of hydrogen-bond acceptors (Lipinski definition) is 3. The van der Waals surface area contributed by atoms with Gasteiger partial charge in [0.05, 0.1) is 0 Å². The van der Waals surface area contributed by atoms with Crippen molar-refractivity contribution in [1.82, 2.24) is 10.4 Å². The van der Waals surface area contributed by atoms with E-state index in [1.807, 2.05) is 24.4 Å². The third kappa shape index (κ3) is 4.67. The van der Waals surface area contributed by atoms with E-state index in [1.54, 1.807) is 12.3 Å². The van der Waals surface area contributed by atoms with E-state index in [9.17, 15) is 4.39 Å². The number of nitrogens with one attached hydrogen (secondary N) is 1. The zero-order valence-corrected chi connectivity index (χ0v) is 12.6. The molecule has 0 saturated heterocycles. The van der Waals surface area contributed by atoms with Crippen LogP contribution in [0.2, 0.25) is 0 Å². The smallest absolute Gasteiger partial charge is 0.124 e. The van der Waals surface area contributed by atoms with Crippen molar-refractivity contribution in [2.24, 2.45) is 5.84 Å². The molecule has 0 saturated carbocycles. The quantitative estimate of drug-likeness (QED) is 0.629. The molecular formula is C15H17BrFN3. The molecule has 0 fully saturated rings. The van der Waals surface area contributed by atoms with E-state index < -0.39 is 0 Å². The van der Waals surface area contributed by atoms with Crippen LogP contribution in [-0.2, 0) is 12.8 Å². The Labute approximate surface area is 126 Å². The number of rotatable bonds is 6. The molecule has 0 radical (unpaired) electrons. The van der Waals surface area contributed by atoms with Gasteiger partial charge in [-0.05, 0) is 54.7 Å². The van der Waals surface area contributed by atoms with E-state index in [2.05, 4.69) is 26.3 Å². The molecule has 0 spiro atoms. The van der Waals surface area contributed by atoms with E-state index in [-0.39, 0.29) is 11.9 Å². The standard InChI is InChI=1S/C15H17BrFN3/c16-13-6-12(7-14(17)9-13)8-15(20-18)4-3-11-2-1-5-19-10-11/h1-2,5-7,9-10,15,20H,3-4,8,18H2. The van der Waals surface area contributed by atoms with Crippen molar-refractivity contribution in [3.8, 4) is 0 Å². The van der Waals surface area contributed by atoms with Gasteiger partial charge in [0, 0.05) is 22.9 Å². The van der Waals surface area contributed by atoms with Gasteiger partial charge in [0.15, 0.2) is 0 Å². The van der Waals surface area contributed by atoms with E-state index in [0.717, 1.165) is 22.9 Å². The third-order valence-corrected chi connectivity index (χ3v) is 3.60. The molecule has 0 bridgehead atoms. The molecule has 2 aromatic rings. The van der Waals surface area contributed by atoms with Crippen LogP contribution in [0.1, 0.15) is 17.5 Å². The van der Waals surface area contributed by atoms with Crippen LogP contribution in [0.4, 0.5) is 4.39 Å².